The van der Waals surface area contributed by atoms with Crippen LogP contribution in [0.25, 0.3) is 0 Å². The average Bonchev–Trinajstić information content (AvgIpc) is 2.93. The number of hydrazone groups is 1. The fourth-order valence-electron chi connectivity index (χ4n) is 2.29. The van der Waals surface area contributed by atoms with Crippen LogP contribution >= 0.6 is 15.9 Å². The number of rotatable bonds is 3. The minimum atomic E-state index is -0.273. The average molecular weight is 347 g/mol. The van der Waals surface area contributed by atoms with Gasteiger partial charge in [-0.25, -0.2) is 10.4 Å². The topological polar surface area (TPSA) is 59.3 Å². The molecule has 1 aliphatic heterocycles. The van der Waals surface area contributed by atoms with Gasteiger partial charge >= 0.3 is 0 Å². The van der Waals surface area contributed by atoms with Gasteiger partial charge in [0.05, 0.1) is 6.21 Å². The van der Waals surface area contributed by atoms with Gasteiger partial charge in [0.2, 0.25) is 0 Å². The molecule has 0 spiro atoms. The monoisotopic (exact) mass is 346 g/mol. The Balaban J connectivity index is 1.63. The lowest BCUT2D eigenvalue weighted by Gasteiger charge is -2.11. The number of carbonyl (C=O) groups excluding carboxylic acids is 1. The molecule has 1 aromatic heterocycles. The predicted molar refractivity (Wildman–Crippen MR) is 84.4 cm³/mol. The van der Waals surface area contributed by atoms with Crippen LogP contribution in [-0.2, 0) is 13.0 Å². The van der Waals surface area contributed by atoms with Crippen molar-refractivity contribution >= 4 is 28.1 Å². The number of nitrogens with one attached hydrogen (secondary N) is 1. The minimum Gasteiger partial charge on any atom is -0.334 e. The standard InChI is InChI=1S/C15H15BrN4O/c16-12-6-4-11(5-7-12)9-17-19-15(21)13-10-20-8-2-1-3-14(20)18-13/h4-7,9-10H,1-3,8H2,(H,19,21)/b17-9+. The van der Waals surface area contributed by atoms with Crippen LogP contribution in [0.15, 0.2) is 40.0 Å². The molecule has 0 saturated heterocycles. The van der Waals surface area contributed by atoms with Gasteiger partial charge in [-0.05, 0) is 30.5 Å². The van der Waals surface area contributed by atoms with Crippen LogP contribution in [0.3, 0.4) is 0 Å². The van der Waals surface area contributed by atoms with Gasteiger partial charge in [-0.2, -0.15) is 5.10 Å². The summed E-state index contributed by atoms with van der Waals surface area (Å²) < 4.78 is 3.06. The van der Waals surface area contributed by atoms with Crippen LogP contribution in [0.4, 0.5) is 0 Å². The smallest absolute Gasteiger partial charge is 0.291 e. The number of hydrogen-bond acceptors (Lipinski definition) is 3. The van der Waals surface area contributed by atoms with Gasteiger partial charge in [-0.15, -0.1) is 0 Å². The highest BCUT2D eigenvalue weighted by atomic mass is 79.9. The number of halogens is 1. The molecule has 1 amide bonds. The number of carbonyl (C=O) groups is 1. The van der Waals surface area contributed by atoms with E-state index < -0.39 is 0 Å². The van der Waals surface area contributed by atoms with Crippen molar-refractivity contribution in [3.8, 4) is 0 Å². The van der Waals surface area contributed by atoms with E-state index in [-0.39, 0.29) is 5.91 Å². The van der Waals surface area contributed by atoms with Crippen molar-refractivity contribution in [2.45, 2.75) is 25.8 Å². The largest absolute Gasteiger partial charge is 0.334 e. The Morgan fingerprint density at radius 1 is 1.33 bits per heavy atom. The normalized spacial score (nSPS) is 14.1. The van der Waals surface area contributed by atoms with Gasteiger partial charge in [0.25, 0.3) is 5.91 Å². The van der Waals surface area contributed by atoms with E-state index in [0.717, 1.165) is 41.7 Å². The quantitative estimate of drug-likeness (QED) is 0.686. The SMILES string of the molecule is O=C(N/N=C/c1ccc(Br)cc1)c1cn2c(n1)CCCC2. The molecule has 0 fully saturated rings. The number of imidazole rings is 1. The number of fused-ring (bicyclic) bond motifs is 1. The molecule has 108 valence electrons. The highest BCUT2D eigenvalue weighted by Crippen LogP contribution is 2.14. The summed E-state index contributed by atoms with van der Waals surface area (Å²) in [5.74, 6) is 0.716. The van der Waals surface area contributed by atoms with Gasteiger partial charge in [-0.1, -0.05) is 28.1 Å². The van der Waals surface area contributed by atoms with Crippen molar-refractivity contribution in [3.63, 3.8) is 0 Å². The molecule has 1 N–H and O–H groups in total. The summed E-state index contributed by atoms with van der Waals surface area (Å²) in [6.45, 7) is 0.942. The third-order valence-corrected chi connectivity index (χ3v) is 3.92. The molecular weight excluding hydrogens is 332 g/mol. The molecule has 2 aromatic rings. The molecule has 0 saturated carbocycles. The first-order valence-electron chi connectivity index (χ1n) is 6.87. The number of nitrogens with zero attached hydrogens (tertiary/aromatic N) is 3. The van der Waals surface area contributed by atoms with E-state index in [1.807, 2.05) is 24.3 Å². The molecule has 0 atom stereocenters. The van der Waals surface area contributed by atoms with Crippen LogP contribution in [0.5, 0.6) is 0 Å². The van der Waals surface area contributed by atoms with E-state index in [4.69, 9.17) is 0 Å². The van der Waals surface area contributed by atoms with Crippen molar-refractivity contribution in [1.29, 1.82) is 0 Å². The highest BCUT2D eigenvalue weighted by Gasteiger charge is 2.16. The number of hydrogen-bond donors (Lipinski definition) is 1. The maximum Gasteiger partial charge on any atom is 0.291 e. The second-order valence-corrected chi connectivity index (χ2v) is 5.86. The minimum absolute atomic E-state index is 0.273. The number of benzene rings is 1. The van der Waals surface area contributed by atoms with Gasteiger partial charge in [0.15, 0.2) is 0 Å². The van der Waals surface area contributed by atoms with E-state index in [1.54, 1.807) is 12.4 Å². The molecule has 0 aliphatic carbocycles. The molecule has 1 aliphatic rings. The van der Waals surface area contributed by atoms with Crippen LogP contribution in [0.2, 0.25) is 0 Å². The van der Waals surface area contributed by atoms with Crippen molar-refractivity contribution < 1.29 is 4.79 Å². The fourth-order valence-corrected chi connectivity index (χ4v) is 2.56. The second-order valence-electron chi connectivity index (χ2n) is 4.94. The first kappa shape index (κ1) is 14.0. The van der Waals surface area contributed by atoms with E-state index in [1.165, 1.54) is 0 Å². The Hall–Kier alpha value is -1.95. The number of amides is 1. The fraction of sp³-hybridized carbons (Fsp3) is 0.267. The highest BCUT2D eigenvalue weighted by molar-refractivity contribution is 9.10. The Morgan fingerprint density at radius 2 is 2.14 bits per heavy atom. The lowest BCUT2D eigenvalue weighted by atomic mass is 10.2. The Morgan fingerprint density at radius 3 is 2.90 bits per heavy atom. The first-order valence-corrected chi connectivity index (χ1v) is 7.67. The molecule has 2 heterocycles. The molecule has 0 unspecified atom stereocenters. The third kappa shape index (κ3) is 3.39. The Bertz CT molecular complexity index is 652. The number of aryl methyl sites for hydroxylation is 2. The van der Waals surface area contributed by atoms with Gasteiger partial charge in [-0.3, -0.25) is 4.79 Å². The summed E-state index contributed by atoms with van der Waals surface area (Å²) in [6.07, 6.45) is 6.64. The predicted octanol–water partition coefficient (Wildman–Crippen LogP) is 2.75. The van der Waals surface area contributed by atoms with Crippen LogP contribution in [-0.4, -0.2) is 21.7 Å². The molecule has 0 bridgehead atoms. The maximum atomic E-state index is 12.0. The van der Waals surface area contributed by atoms with Crippen molar-refractivity contribution in [1.82, 2.24) is 15.0 Å². The summed E-state index contributed by atoms with van der Waals surface area (Å²) in [4.78, 5) is 16.4. The number of aromatic nitrogens is 2. The zero-order valence-corrected chi connectivity index (χ0v) is 13.0. The summed E-state index contributed by atoms with van der Waals surface area (Å²) in [5.41, 5.74) is 3.86. The van der Waals surface area contributed by atoms with Crippen LogP contribution < -0.4 is 5.43 Å². The molecule has 0 radical (unpaired) electrons. The first-order chi connectivity index (χ1) is 10.2. The molecule has 5 nitrogen and oxygen atoms in total. The summed E-state index contributed by atoms with van der Waals surface area (Å²) >= 11 is 3.37. The van der Waals surface area contributed by atoms with Crippen LogP contribution in [0.1, 0.15) is 34.7 Å². The lowest BCUT2D eigenvalue weighted by Crippen LogP contribution is -2.18. The van der Waals surface area contributed by atoms with E-state index in [2.05, 4.69) is 36.0 Å². The summed E-state index contributed by atoms with van der Waals surface area (Å²) in [5, 5.41) is 3.96. The van der Waals surface area contributed by atoms with Gasteiger partial charge < -0.3 is 4.57 Å². The second kappa shape index (κ2) is 6.22. The summed E-state index contributed by atoms with van der Waals surface area (Å²) in [7, 11) is 0. The van der Waals surface area contributed by atoms with E-state index in [9.17, 15) is 4.79 Å². The molecular formula is C15H15BrN4O. The summed E-state index contributed by atoms with van der Waals surface area (Å²) in [6, 6.07) is 7.67. The zero-order valence-electron chi connectivity index (χ0n) is 11.4. The lowest BCUT2D eigenvalue weighted by molar-refractivity contribution is 0.0950. The molecule has 3 rings (SSSR count). The van der Waals surface area contributed by atoms with Gasteiger partial charge in [0, 0.05) is 23.6 Å². The van der Waals surface area contributed by atoms with Crippen molar-refractivity contribution in [2.75, 3.05) is 0 Å². The maximum absolute atomic E-state index is 12.0. The third-order valence-electron chi connectivity index (χ3n) is 3.39. The van der Waals surface area contributed by atoms with Crippen molar-refractivity contribution in [3.05, 3.63) is 52.0 Å². The van der Waals surface area contributed by atoms with E-state index >= 15 is 0 Å². The molecule has 6 heteroatoms. The van der Waals surface area contributed by atoms with Crippen LogP contribution in [0, 0.1) is 0 Å². The van der Waals surface area contributed by atoms with Gasteiger partial charge in [0.1, 0.15) is 11.5 Å². The zero-order chi connectivity index (χ0) is 14.7. The van der Waals surface area contributed by atoms with E-state index in [0.29, 0.717) is 5.69 Å². The molecule has 21 heavy (non-hydrogen) atoms. The molecule has 1 aromatic carbocycles. The van der Waals surface area contributed by atoms with Crippen molar-refractivity contribution in [2.24, 2.45) is 5.10 Å². The Kier molecular flexibility index (Phi) is 4.15. The Labute approximate surface area is 131 Å².